The number of amides is 1. The highest BCUT2D eigenvalue weighted by molar-refractivity contribution is 5.76. The lowest BCUT2D eigenvalue weighted by molar-refractivity contribution is -0.133. The van der Waals surface area contributed by atoms with E-state index in [1.807, 2.05) is 18.7 Å². The van der Waals surface area contributed by atoms with Crippen LogP contribution in [0, 0.1) is 13.8 Å². The number of aryl methyl sites for hydroxylation is 3. The zero-order valence-electron chi connectivity index (χ0n) is 17.4. The van der Waals surface area contributed by atoms with E-state index in [9.17, 15) is 4.79 Å². The number of rotatable bonds is 6. The maximum absolute atomic E-state index is 12.5. The first-order valence-electron chi connectivity index (χ1n) is 10.5. The van der Waals surface area contributed by atoms with Crippen LogP contribution < -0.4 is 4.90 Å². The highest BCUT2D eigenvalue weighted by atomic mass is 16.2. The van der Waals surface area contributed by atoms with Crippen molar-refractivity contribution >= 4 is 11.7 Å². The average molecular weight is 399 g/mol. The van der Waals surface area contributed by atoms with Gasteiger partial charge >= 0.3 is 0 Å². The van der Waals surface area contributed by atoms with Gasteiger partial charge in [-0.2, -0.15) is 5.10 Å². The lowest BCUT2D eigenvalue weighted by Crippen LogP contribution is -2.52. The SMILES string of the molecule is Cc1cc(N2CCC(N3CCN(C(=O)CCCn4cncn4)CC3)C2)nc(C)n1. The van der Waals surface area contributed by atoms with Gasteiger partial charge in [-0.25, -0.2) is 15.0 Å². The van der Waals surface area contributed by atoms with Crippen LogP contribution in [-0.2, 0) is 11.3 Å². The Balaban J connectivity index is 1.22. The molecule has 29 heavy (non-hydrogen) atoms. The Morgan fingerprint density at radius 1 is 1.14 bits per heavy atom. The molecule has 156 valence electrons. The number of nitrogens with zero attached hydrogens (tertiary/aromatic N) is 8. The molecular weight excluding hydrogens is 368 g/mol. The number of anilines is 1. The summed E-state index contributed by atoms with van der Waals surface area (Å²) in [4.78, 5) is 32.3. The average Bonchev–Trinajstić information content (AvgIpc) is 3.39. The van der Waals surface area contributed by atoms with E-state index >= 15 is 0 Å². The zero-order chi connectivity index (χ0) is 20.2. The molecule has 0 aliphatic carbocycles. The molecule has 9 heteroatoms. The summed E-state index contributed by atoms with van der Waals surface area (Å²) in [6, 6.07) is 2.61. The molecule has 2 aliphatic rings. The third-order valence-corrected chi connectivity index (χ3v) is 5.87. The van der Waals surface area contributed by atoms with Gasteiger partial charge in [-0.1, -0.05) is 0 Å². The highest BCUT2D eigenvalue weighted by Crippen LogP contribution is 2.23. The molecule has 2 aromatic rings. The lowest BCUT2D eigenvalue weighted by Gasteiger charge is -2.38. The molecule has 0 saturated carbocycles. The summed E-state index contributed by atoms with van der Waals surface area (Å²) in [6.45, 7) is 10.3. The molecule has 0 aromatic carbocycles. The van der Waals surface area contributed by atoms with Gasteiger partial charge in [-0.15, -0.1) is 0 Å². The number of hydrogen-bond donors (Lipinski definition) is 0. The molecule has 2 aromatic heterocycles. The van der Waals surface area contributed by atoms with E-state index in [-0.39, 0.29) is 5.91 Å². The highest BCUT2D eigenvalue weighted by Gasteiger charge is 2.31. The Kier molecular flexibility index (Phi) is 6.03. The van der Waals surface area contributed by atoms with Crippen molar-refractivity contribution in [3.63, 3.8) is 0 Å². The van der Waals surface area contributed by atoms with E-state index in [4.69, 9.17) is 0 Å². The minimum Gasteiger partial charge on any atom is -0.355 e. The molecule has 4 heterocycles. The van der Waals surface area contributed by atoms with Crippen molar-refractivity contribution in [1.82, 2.24) is 34.5 Å². The van der Waals surface area contributed by atoms with E-state index in [0.717, 1.165) is 76.0 Å². The van der Waals surface area contributed by atoms with Crippen molar-refractivity contribution in [2.24, 2.45) is 0 Å². The molecule has 4 rings (SSSR count). The number of hydrogen-bond acceptors (Lipinski definition) is 7. The van der Waals surface area contributed by atoms with Crippen molar-refractivity contribution in [3.05, 3.63) is 30.2 Å². The smallest absolute Gasteiger partial charge is 0.222 e. The van der Waals surface area contributed by atoms with Gasteiger partial charge in [-0.3, -0.25) is 14.4 Å². The summed E-state index contributed by atoms with van der Waals surface area (Å²) in [5.74, 6) is 2.13. The molecular formula is C20H30N8O. The van der Waals surface area contributed by atoms with Gasteiger partial charge in [0.25, 0.3) is 0 Å². The van der Waals surface area contributed by atoms with Crippen LogP contribution in [0.1, 0.15) is 30.8 Å². The minimum absolute atomic E-state index is 0.254. The Morgan fingerprint density at radius 3 is 2.69 bits per heavy atom. The number of aromatic nitrogens is 5. The first kappa shape index (κ1) is 19.8. The third-order valence-electron chi connectivity index (χ3n) is 5.87. The Morgan fingerprint density at radius 2 is 1.97 bits per heavy atom. The molecule has 0 bridgehead atoms. The van der Waals surface area contributed by atoms with Crippen LogP contribution in [0.15, 0.2) is 18.7 Å². The number of carbonyl (C=O) groups excluding carboxylic acids is 1. The fourth-order valence-electron chi connectivity index (χ4n) is 4.34. The standard InChI is InChI=1S/C20H30N8O/c1-16-12-19(24-17(2)23-16)27-7-5-18(13-27)25-8-10-26(11-9-25)20(29)4-3-6-28-15-21-14-22-28/h12,14-15,18H,3-11,13H2,1-2H3. The van der Waals surface area contributed by atoms with Crippen molar-refractivity contribution in [2.45, 2.75) is 45.7 Å². The van der Waals surface area contributed by atoms with Gasteiger partial charge in [0.15, 0.2) is 0 Å². The van der Waals surface area contributed by atoms with Crippen molar-refractivity contribution in [3.8, 4) is 0 Å². The van der Waals surface area contributed by atoms with Gasteiger partial charge in [0, 0.05) is 70.0 Å². The summed E-state index contributed by atoms with van der Waals surface area (Å²) in [5.41, 5.74) is 1.02. The molecule has 9 nitrogen and oxygen atoms in total. The van der Waals surface area contributed by atoms with Crippen LogP contribution in [-0.4, -0.2) is 85.7 Å². The second-order valence-electron chi connectivity index (χ2n) is 7.98. The molecule has 0 N–H and O–H groups in total. The van der Waals surface area contributed by atoms with Crippen molar-refractivity contribution in [2.75, 3.05) is 44.2 Å². The Labute approximate surface area is 171 Å². The van der Waals surface area contributed by atoms with Crippen LogP contribution in [0.25, 0.3) is 0 Å². The third kappa shape index (κ3) is 4.90. The molecule has 0 spiro atoms. The van der Waals surface area contributed by atoms with Crippen LogP contribution >= 0.6 is 0 Å². The van der Waals surface area contributed by atoms with Gasteiger partial charge in [0.05, 0.1) is 0 Å². The Hall–Kier alpha value is -2.55. The molecule has 0 radical (unpaired) electrons. The Bertz CT molecular complexity index is 796. The summed E-state index contributed by atoms with van der Waals surface area (Å²) >= 11 is 0. The molecule has 1 amide bonds. The van der Waals surface area contributed by atoms with E-state index in [1.54, 1.807) is 11.0 Å². The maximum atomic E-state index is 12.5. The second kappa shape index (κ2) is 8.86. The predicted molar refractivity (Wildman–Crippen MR) is 110 cm³/mol. The number of piperazine rings is 1. The topological polar surface area (TPSA) is 83.3 Å². The van der Waals surface area contributed by atoms with Crippen LogP contribution in [0.2, 0.25) is 0 Å². The van der Waals surface area contributed by atoms with Crippen LogP contribution in [0.4, 0.5) is 5.82 Å². The minimum atomic E-state index is 0.254. The van der Waals surface area contributed by atoms with Crippen LogP contribution in [0.5, 0.6) is 0 Å². The molecule has 2 saturated heterocycles. The first-order chi connectivity index (χ1) is 14.1. The van der Waals surface area contributed by atoms with E-state index < -0.39 is 0 Å². The normalized spacial score (nSPS) is 20.4. The molecule has 1 unspecified atom stereocenters. The quantitative estimate of drug-likeness (QED) is 0.714. The first-order valence-corrected chi connectivity index (χ1v) is 10.5. The summed E-state index contributed by atoms with van der Waals surface area (Å²) in [6.07, 6.45) is 5.74. The molecule has 2 aliphatic heterocycles. The predicted octanol–water partition coefficient (Wildman–Crippen LogP) is 0.888. The largest absolute Gasteiger partial charge is 0.355 e. The lowest BCUT2D eigenvalue weighted by atomic mass is 10.1. The van der Waals surface area contributed by atoms with E-state index in [1.165, 1.54) is 6.33 Å². The summed E-state index contributed by atoms with van der Waals surface area (Å²) in [5, 5.41) is 4.08. The molecule has 1 atom stereocenters. The van der Waals surface area contributed by atoms with Crippen molar-refractivity contribution in [1.29, 1.82) is 0 Å². The fourth-order valence-corrected chi connectivity index (χ4v) is 4.34. The monoisotopic (exact) mass is 398 g/mol. The second-order valence-corrected chi connectivity index (χ2v) is 7.98. The molecule has 2 fully saturated rings. The summed E-state index contributed by atoms with van der Waals surface area (Å²) < 4.78 is 1.78. The zero-order valence-corrected chi connectivity index (χ0v) is 17.4. The van der Waals surface area contributed by atoms with Gasteiger partial charge < -0.3 is 9.80 Å². The number of carbonyl (C=O) groups is 1. The van der Waals surface area contributed by atoms with Gasteiger partial charge in [-0.05, 0) is 26.7 Å². The van der Waals surface area contributed by atoms with Gasteiger partial charge in [0.2, 0.25) is 5.91 Å². The maximum Gasteiger partial charge on any atom is 0.222 e. The van der Waals surface area contributed by atoms with E-state index in [2.05, 4.69) is 35.9 Å². The van der Waals surface area contributed by atoms with Crippen molar-refractivity contribution < 1.29 is 4.79 Å². The van der Waals surface area contributed by atoms with Crippen LogP contribution in [0.3, 0.4) is 0 Å². The van der Waals surface area contributed by atoms with Gasteiger partial charge in [0.1, 0.15) is 24.3 Å². The summed E-state index contributed by atoms with van der Waals surface area (Å²) in [7, 11) is 0. The van der Waals surface area contributed by atoms with E-state index in [0.29, 0.717) is 12.5 Å². The fraction of sp³-hybridized carbons (Fsp3) is 0.650.